The van der Waals surface area contributed by atoms with Gasteiger partial charge in [-0.05, 0) is 36.8 Å². The SMILES string of the molecule is Cc1cccc(N)c1Sc1cccc(Br)c1. The number of anilines is 1. The molecule has 2 rings (SSSR count). The van der Waals surface area contributed by atoms with Crippen molar-refractivity contribution in [3.63, 3.8) is 0 Å². The first-order chi connectivity index (χ1) is 7.66. The molecule has 1 nitrogen and oxygen atoms in total. The van der Waals surface area contributed by atoms with Crippen molar-refractivity contribution in [2.24, 2.45) is 0 Å². The van der Waals surface area contributed by atoms with Gasteiger partial charge in [0.25, 0.3) is 0 Å². The molecule has 82 valence electrons. The third-order valence-electron chi connectivity index (χ3n) is 2.26. The van der Waals surface area contributed by atoms with Gasteiger partial charge in [-0.3, -0.25) is 0 Å². The lowest BCUT2D eigenvalue weighted by Crippen LogP contribution is -1.90. The Morgan fingerprint density at radius 3 is 2.56 bits per heavy atom. The van der Waals surface area contributed by atoms with Crippen LogP contribution in [-0.4, -0.2) is 0 Å². The first-order valence-corrected chi connectivity index (χ1v) is 6.56. The maximum atomic E-state index is 5.97. The summed E-state index contributed by atoms with van der Waals surface area (Å²) in [7, 11) is 0. The van der Waals surface area contributed by atoms with E-state index >= 15 is 0 Å². The summed E-state index contributed by atoms with van der Waals surface area (Å²) >= 11 is 5.17. The summed E-state index contributed by atoms with van der Waals surface area (Å²) in [6, 6.07) is 14.2. The van der Waals surface area contributed by atoms with Crippen molar-refractivity contribution >= 4 is 33.4 Å². The summed E-state index contributed by atoms with van der Waals surface area (Å²) in [5, 5.41) is 0. The van der Waals surface area contributed by atoms with E-state index in [2.05, 4.69) is 41.1 Å². The number of halogens is 1. The zero-order valence-electron chi connectivity index (χ0n) is 8.91. The summed E-state index contributed by atoms with van der Waals surface area (Å²) in [6.07, 6.45) is 0. The maximum Gasteiger partial charge on any atom is 0.0458 e. The minimum absolute atomic E-state index is 0.838. The van der Waals surface area contributed by atoms with Gasteiger partial charge < -0.3 is 5.73 Å². The van der Waals surface area contributed by atoms with Crippen LogP contribution in [0.4, 0.5) is 5.69 Å². The number of hydrogen-bond acceptors (Lipinski definition) is 2. The predicted molar refractivity (Wildman–Crippen MR) is 73.9 cm³/mol. The van der Waals surface area contributed by atoms with Gasteiger partial charge in [0, 0.05) is 20.0 Å². The van der Waals surface area contributed by atoms with Crippen molar-refractivity contribution in [1.82, 2.24) is 0 Å². The highest BCUT2D eigenvalue weighted by Gasteiger charge is 2.05. The minimum atomic E-state index is 0.838. The third-order valence-corrected chi connectivity index (χ3v) is 4.00. The lowest BCUT2D eigenvalue weighted by molar-refractivity contribution is 1.30. The second-order valence-electron chi connectivity index (χ2n) is 3.55. The molecule has 0 aliphatic carbocycles. The maximum absolute atomic E-state index is 5.97. The van der Waals surface area contributed by atoms with Gasteiger partial charge >= 0.3 is 0 Å². The van der Waals surface area contributed by atoms with Crippen LogP contribution in [0.25, 0.3) is 0 Å². The molecule has 0 spiro atoms. The molecule has 2 aromatic rings. The Labute approximate surface area is 108 Å². The van der Waals surface area contributed by atoms with Gasteiger partial charge in [-0.15, -0.1) is 0 Å². The highest BCUT2D eigenvalue weighted by Crippen LogP contribution is 2.35. The number of hydrogen-bond donors (Lipinski definition) is 1. The highest BCUT2D eigenvalue weighted by molar-refractivity contribution is 9.10. The van der Waals surface area contributed by atoms with Gasteiger partial charge in [-0.1, -0.05) is 45.9 Å². The second kappa shape index (κ2) is 4.93. The van der Waals surface area contributed by atoms with Crippen LogP contribution in [0.1, 0.15) is 5.56 Å². The number of aryl methyl sites for hydroxylation is 1. The molecule has 0 fully saturated rings. The zero-order chi connectivity index (χ0) is 11.5. The van der Waals surface area contributed by atoms with Crippen LogP contribution >= 0.6 is 27.7 Å². The molecule has 0 unspecified atom stereocenters. The number of nitrogens with two attached hydrogens (primary N) is 1. The van der Waals surface area contributed by atoms with Crippen molar-refractivity contribution < 1.29 is 0 Å². The van der Waals surface area contributed by atoms with E-state index in [9.17, 15) is 0 Å². The molecule has 0 atom stereocenters. The Kier molecular flexibility index (Phi) is 3.56. The fourth-order valence-electron chi connectivity index (χ4n) is 1.46. The van der Waals surface area contributed by atoms with Gasteiger partial charge in [0.15, 0.2) is 0 Å². The Hall–Kier alpha value is -0.930. The lowest BCUT2D eigenvalue weighted by Gasteiger charge is -2.08. The van der Waals surface area contributed by atoms with Crippen molar-refractivity contribution in [2.45, 2.75) is 16.7 Å². The van der Waals surface area contributed by atoms with Crippen LogP contribution < -0.4 is 5.73 Å². The Balaban J connectivity index is 2.34. The van der Waals surface area contributed by atoms with E-state index in [4.69, 9.17) is 5.73 Å². The van der Waals surface area contributed by atoms with Crippen LogP contribution in [0, 0.1) is 6.92 Å². The Morgan fingerprint density at radius 2 is 1.88 bits per heavy atom. The molecule has 3 heteroatoms. The van der Waals surface area contributed by atoms with Gasteiger partial charge in [0.05, 0.1) is 0 Å². The first-order valence-electron chi connectivity index (χ1n) is 4.95. The standard InChI is InChI=1S/C13H12BrNS/c1-9-4-2-7-12(15)13(9)16-11-6-3-5-10(14)8-11/h2-8H,15H2,1H3. The topological polar surface area (TPSA) is 26.0 Å². The number of nitrogen functional groups attached to an aromatic ring is 1. The molecule has 0 saturated carbocycles. The van der Waals surface area contributed by atoms with E-state index in [0.717, 1.165) is 15.1 Å². The Morgan fingerprint density at radius 1 is 1.12 bits per heavy atom. The van der Waals surface area contributed by atoms with Gasteiger partial charge in [0.1, 0.15) is 0 Å². The fourth-order valence-corrected chi connectivity index (χ4v) is 3.00. The predicted octanol–water partition coefficient (Wildman–Crippen LogP) is 4.49. The molecule has 0 radical (unpaired) electrons. The largest absolute Gasteiger partial charge is 0.398 e. The average molecular weight is 294 g/mol. The average Bonchev–Trinajstić information content (AvgIpc) is 2.24. The molecule has 16 heavy (non-hydrogen) atoms. The summed E-state index contributed by atoms with van der Waals surface area (Å²) < 4.78 is 1.09. The van der Waals surface area contributed by atoms with Crippen molar-refractivity contribution in [3.05, 3.63) is 52.5 Å². The molecule has 0 aromatic heterocycles. The molecule has 0 saturated heterocycles. The highest BCUT2D eigenvalue weighted by atomic mass is 79.9. The van der Waals surface area contributed by atoms with Crippen LogP contribution in [0.15, 0.2) is 56.7 Å². The van der Waals surface area contributed by atoms with Crippen molar-refractivity contribution in [2.75, 3.05) is 5.73 Å². The number of rotatable bonds is 2. The second-order valence-corrected chi connectivity index (χ2v) is 5.55. The molecule has 0 amide bonds. The van der Waals surface area contributed by atoms with E-state index in [1.54, 1.807) is 11.8 Å². The normalized spacial score (nSPS) is 10.4. The van der Waals surface area contributed by atoms with E-state index in [0.29, 0.717) is 0 Å². The molecular formula is C13H12BrNS. The smallest absolute Gasteiger partial charge is 0.0458 e. The summed E-state index contributed by atoms with van der Waals surface area (Å²) in [6.45, 7) is 2.08. The first kappa shape index (κ1) is 11.6. The summed E-state index contributed by atoms with van der Waals surface area (Å²) in [4.78, 5) is 2.33. The molecule has 2 N–H and O–H groups in total. The Bertz CT molecular complexity index is 491. The van der Waals surface area contributed by atoms with Crippen molar-refractivity contribution in [3.8, 4) is 0 Å². The van der Waals surface area contributed by atoms with Gasteiger partial charge in [-0.2, -0.15) is 0 Å². The molecule has 0 aliphatic heterocycles. The lowest BCUT2D eigenvalue weighted by atomic mass is 10.2. The van der Waals surface area contributed by atoms with E-state index in [1.807, 2.05) is 24.3 Å². The minimum Gasteiger partial charge on any atom is -0.398 e. The van der Waals surface area contributed by atoms with Crippen LogP contribution in [0.3, 0.4) is 0 Å². The van der Waals surface area contributed by atoms with E-state index in [-0.39, 0.29) is 0 Å². The van der Waals surface area contributed by atoms with Crippen molar-refractivity contribution in [1.29, 1.82) is 0 Å². The molecule has 0 bridgehead atoms. The van der Waals surface area contributed by atoms with Crippen LogP contribution in [-0.2, 0) is 0 Å². The third kappa shape index (κ3) is 2.60. The summed E-state index contributed by atoms with van der Waals surface area (Å²) in [5.41, 5.74) is 8.03. The van der Waals surface area contributed by atoms with Crippen LogP contribution in [0.5, 0.6) is 0 Å². The molecule has 2 aromatic carbocycles. The fraction of sp³-hybridized carbons (Fsp3) is 0.0769. The summed E-state index contributed by atoms with van der Waals surface area (Å²) in [5.74, 6) is 0. The molecular weight excluding hydrogens is 282 g/mol. The molecule has 0 aliphatic rings. The van der Waals surface area contributed by atoms with E-state index < -0.39 is 0 Å². The van der Waals surface area contributed by atoms with Gasteiger partial charge in [-0.25, -0.2) is 0 Å². The monoisotopic (exact) mass is 293 g/mol. The number of benzene rings is 2. The quantitative estimate of drug-likeness (QED) is 0.826. The zero-order valence-corrected chi connectivity index (χ0v) is 11.3. The van der Waals surface area contributed by atoms with E-state index in [1.165, 1.54) is 10.5 Å². The molecule has 0 heterocycles. The van der Waals surface area contributed by atoms with Crippen LogP contribution in [0.2, 0.25) is 0 Å². The van der Waals surface area contributed by atoms with Gasteiger partial charge in [0.2, 0.25) is 0 Å².